The van der Waals surface area contributed by atoms with Gasteiger partial charge in [-0.15, -0.1) is 0 Å². The zero-order chi connectivity index (χ0) is 19.8. The molecule has 0 atom stereocenters. The first-order valence-electron chi connectivity index (χ1n) is 8.85. The normalized spacial score (nSPS) is 13.5. The molecule has 0 N–H and O–H groups in total. The number of rotatable bonds is 11. The third-order valence-electron chi connectivity index (χ3n) is 4.49. The summed E-state index contributed by atoms with van der Waals surface area (Å²) < 4.78 is 27.2. The maximum atomic E-state index is 12.3. The molecular formula is C20H27BrO6. The molecule has 1 aromatic rings. The van der Waals surface area contributed by atoms with Crippen LogP contribution in [0.1, 0.15) is 40.4 Å². The van der Waals surface area contributed by atoms with Gasteiger partial charge < -0.3 is 23.7 Å². The molecule has 0 spiro atoms. The van der Waals surface area contributed by atoms with Crippen LogP contribution in [0.3, 0.4) is 0 Å². The molecule has 0 saturated heterocycles. The third-order valence-corrected chi connectivity index (χ3v) is 4.88. The van der Waals surface area contributed by atoms with E-state index in [1.54, 1.807) is 14.2 Å². The van der Waals surface area contributed by atoms with E-state index in [0.717, 1.165) is 34.2 Å². The molecule has 2 rings (SSSR count). The van der Waals surface area contributed by atoms with Crippen molar-refractivity contribution in [1.29, 1.82) is 0 Å². The number of methoxy groups -OCH3 is 2. The monoisotopic (exact) mass is 442 g/mol. The van der Waals surface area contributed by atoms with Gasteiger partial charge in [-0.1, -0.05) is 27.6 Å². The first-order chi connectivity index (χ1) is 13.0. The first-order valence-corrected chi connectivity index (χ1v) is 9.97. The summed E-state index contributed by atoms with van der Waals surface area (Å²) in [6.45, 7) is 5.16. The van der Waals surface area contributed by atoms with Gasteiger partial charge in [-0.05, 0) is 32.3 Å². The third kappa shape index (κ3) is 5.24. The van der Waals surface area contributed by atoms with Gasteiger partial charge in [0.25, 0.3) is 0 Å². The fraction of sp³-hybridized carbons (Fsp3) is 0.550. The number of allylic oxidation sites excluding steroid dienone is 2. The highest BCUT2D eigenvalue weighted by Gasteiger charge is 2.33. The maximum absolute atomic E-state index is 12.3. The van der Waals surface area contributed by atoms with Crippen LogP contribution in [0, 0.1) is 6.92 Å². The van der Waals surface area contributed by atoms with Gasteiger partial charge in [-0.3, -0.25) is 0 Å². The zero-order valence-corrected chi connectivity index (χ0v) is 17.9. The number of alkyl halides is 1. The number of carbonyl (C=O) groups is 1. The number of hydrogen-bond donors (Lipinski definition) is 0. The summed E-state index contributed by atoms with van der Waals surface area (Å²) in [7, 11) is 3.24. The molecule has 1 aliphatic rings. The fourth-order valence-electron chi connectivity index (χ4n) is 3.00. The summed E-state index contributed by atoms with van der Waals surface area (Å²) in [5.41, 5.74) is 4.28. The molecule has 0 amide bonds. The van der Waals surface area contributed by atoms with E-state index >= 15 is 0 Å². The Labute approximate surface area is 168 Å². The molecule has 0 radical (unpaired) electrons. The van der Waals surface area contributed by atoms with Crippen LogP contribution in [0.5, 0.6) is 11.5 Å². The molecule has 6 nitrogen and oxygen atoms in total. The van der Waals surface area contributed by atoms with Crippen LogP contribution in [0.4, 0.5) is 0 Å². The molecule has 0 bridgehead atoms. The smallest absolute Gasteiger partial charge is 0.342 e. The number of carbonyl (C=O) groups excluding carboxylic acids is 1. The molecule has 0 aliphatic carbocycles. The summed E-state index contributed by atoms with van der Waals surface area (Å²) in [4.78, 5) is 12.3. The van der Waals surface area contributed by atoms with Crippen LogP contribution < -0.4 is 9.47 Å². The van der Waals surface area contributed by atoms with E-state index in [2.05, 4.69) is 28.9 Å². The Morgan fingerprint density at radius 1 is 1.26 bits per heavy atom. The number of hydrogen-bond acceptors (Lipinski definition) is 6. The Balaban J connectivity index is 2.41. The standard InChI is InChI=1S/C20H27BrO6/c1-13(7-8-21)5-6-15-18(24-4)14(2)16-11-26-20(22)17(16)19(15)27-12-25-10-9-23-3/h5H,6-12H2,1-4H3/b13-5+. The molecule has 1 aliphatic heterocycles. The number of halogens is 1. The van der Waals surface area contributed by atoms with Crippen molar-refractivity contribution in [2.75, 3.05) is 39.6 Å². The van der Waals surface area contributed by atoms with Crippen LogP contribution in [0.2, 0.25) is 0 Å². The number of benzene rings is 1. The van der Waals surface area contributed by atoms with Crippen molar-refractivity contribution in [2.24, 2.45) is 0 Å². The average molecular weight is 443 g/mol. The van der Waals surface area contributed by atoms with Crippen LogP contribution in [0.15, 0.2) is 11.6 Å². The van der Waals surface area contributed by atoms with Gasteiger partial charge in [-0.2, -0.15) is 0 Å². The Morgan fingerprint density at radius 2 is 2.04 bits per heavy atom. The van der Waals surface area contributed by atoms with Gasteiger partial charge in [0.05, 0.1) is 20.3 Å². The summed E-state index contributed by atoms with van der Waals surface area (Å²) in [6, 6.07) is 0. The Morgan fingerprint density at radius 3 is 2.70 bits per heavy atom. The topological polar surface area (TPSA) is 63.2 Å². The van der Waals surface area contributed by atoms with E-state index in [4.69, 9.17) is 23.7 Å². The minimum absolute atomic E-state index is 0.0202. The largest absolute Gasteiger partial charge is 0.496 e. The highest BCUT2D eigenvalue weighted by atomic mass is 79.9. The summed E-state index contributed by atoms with van der Waals surface area (Å²) in [5, 5.41) is 0.901. The lowest BCUT2D eigenvalue weighted by atomic mass is 9.94. The predicted molar refractivity (Wildman–Crippen MR) is 106 cm³/mol. The zero-order valence-electron chi connectivity index (χ0n) is 16.4. The summed E-state index contributed by atoms with van der Waals surface area (Å²) in [6.07, 6.45) is 3.67. The Kier molecular flexibility index (Phi) is 8.60. The number of esters is 1. The van der Waals surface area contributed by atoms with Crippen molar-refractivity contribution in [3.05, 3.63) is 33.9 Å². The molecule has 150 valence electrons. The maximum Gasteiger partial charge on any atom is 0.342 e. The predicted octanol–water partition coefficient (Wildman–Crippen LogP) is 3.95. The van der Waals surface area contributed by atoms with Crippen molar-refractivity contribution in [2.45, 2.75) is 33.3 Å². The molecule has 0 unspecified atom stereocenters. The first kappa shape index (κ1) is 21.7. The second-order valence-electron chi connectivity index (χ2n) is 6.25. The van der Waals surface area contributed by atoms with Crippen LogP contribution in [-0.4, -0.2) is 45.5 Å². The minimum Gasteiger partial charge on any atom is -0.496 e. The van der Waals surface area contributed by atoms with E-state index < -0.39 is 0 Å². The highest BCUT2D eigenvalue weighted by molar-refractivity contribution is 9.09. The quantitative estimate of drug-likeness (QED) is 0.170. The van der Waals surface area contributed by atoms with Crippen molar-refractivity contribution in [1.82, 2.24) is 0 Å². The average Bonchev–Trinajstić information content (AvgIpc) is 3.04. The van der Waals surface area contributed by atoms with E-state index in [-0.39, 0.29) is 19.4 Å². The number of ether oxygens (including phenoxy) is 5. The molecule has 7 heteroatoms. The van der Waals surface area contributed by atoms with E-state index in [1.807, 2.05) is 6.92 Å². The molecule has 1 aromatic carbocycles. The second-order valence-corrected chi connectivity index (χ2v) is 7.05. The van der Waals surface area contributed by atoms with Gasteiger partial charge in [0.1, 0.15) is 23.7 Å². The number of fused-ring (bicyclic) bond motifs is 1. The lowest BCUT2D eigenvalue weighted by Crippen LogP contribution is -2.13. The van der Waals surface area contributed by atoms with Crippen LogP contribution >= 0.6 is 15.9 Å². The van der Waals surface area contributed by atoms with Gasteiger partial charge in [0, 0.05) is 23.6 Å². The molecular weight excluding hydrogens is 416 g/mol. The molecule has 0 saturated carbocycles. The van der Waals surface area contributed by atoms with Crippen molar-refractivity contribution >= 4 is 21.9 Å². The lowest BCUT2D eigenvalue weighted by molar-refractivity contribution is -0.00934. The van der Waals surface area contributed by atoms with E-state index in [9.17, 15) is 4.79 Å². The van der Waals surface area contributed by atoms with Gasteiger partial charge >= 0.3 is 5.97 Å². The van der Waals surface area contributed by atoms with Crippen LogP contribution in [0.25, 0.3) is 0 Å². The van der Waals surface area contributed by atoms with Crippen molar-refractivity contribution in [3.8, 4) is 11.5 Å². The Bertz CT molecular complexity index is 698. The van der Waals surface area contributed by atoms with Gasteiger partial charge in [0.15, 0.2) is 6.79 Å². The molecule has 0 fully saturated rings. The van der Waals surface area contributed by atoms with E-state index in [0.29, 0.717) is 30.9 Å². The van der Waals surface area contributed by atoms with Crippen LogP contribution in [-0.2, 0) is 27.2 Å². The summed E-state index contributed by atoms with van der Waals surface area (Å²) >= 11 is 3.46. The van der Waals surface area contributed by atoms with Gasteiger partial charge in [-0.25, -0.2) is 4.79 Å². The molecule has 1 heterocycles. The van der Waals surface area contributed by atoms with Crippen molar-refractivity contribution < 1.29 is 28.5 Å². The SMILES string of the molecule is COCCOCOc1c(C/C=C(\C)CCBr)c(OC)c(C)c2c1C(=O)OC2. The van der Waals surface area contributed by atoms with Gasteiger partial charge in [0.2, 0.25) is 0 Å². The minimum atomic E-state index is -0.370. The second kappa shape index (κ2) is 10.7. The van der Waals surface area contributed by atoms with Crippen molar-refractivity contribution in [3.63, 3.8) is 0 Å². The Hall–Kier alpha value is -1.57. The number of cyclic esters (lactones) is 1. The fourth-order valence-corrected chi connectivity index (χ4v) is 3.62. The lowest BCUT2D eigenvalue weighted by Gasteiger charge is -2.19. The van der Waals surface area contributed by atoms with E-state index in [1.165, 1.54) is 5.57 Å². The molecule has 27 heavy (non-hydrogen) atoms. The highest BCUT2D eigenvalue weighted by Crippen LogP contribution is 2.42. The summed E-state index contributed by atoms with van der Waals surface area (Å²) in [5.74, 6) is 0.835. The molecule has 0 aromatic heterocycles.